The molecule has 1 aliphatic heterocycles. The summed E-state index contributed by atoms with van der Waals surface area (Å²) in [5.41, 5.74) is 6.50. The molecule has 4 N–H and O–H groups in total. The van der Waals surface area contributed by atoms with Gasteiger partial charge in [0.2, 0.25) is 11.8 Å². The number of carbonyl (C=O) groups excluding carboxylic acids is 4. The number of aryl methyl sites for hydroxylation is 1. The molecule has 2 aromatic carbocycles. The Kier molecular flexibility index (Phi) is 5.86. The molecule has 1 unspecified atom stereocenters. The number of anilines is 1. The number of nitrogens with one attached hydrogen (secondary N) is 2. The molecule has 8 heteroatoms. The number of benzene rings is 2. The average molecular weight is 408 g/mol. The van der Waals surface area contributed by atoms with Gasteiger partial charge in [0.15, 0.2) is 0 Å². The summed E-state index contributed by atoms with van der Waals surface area (Å²) in [6.45, 7) is 3.29. The van der Waals surface area contributed by atoms with Gasteiger partial charge in [0, 0.05) is 11.3 Å². The Morgan fingerprint density at radius 2 is 1.70 bits per heavy atom. The number of rotatable bonds is 7. The van der Waals surface area contributed by atoms with Gasteiger partial charge >= 0.3 is 6.03 Å². The number of imide groups is 1. The zero-order chi connectivity index (χ0) is 21.9. The van der Waals surface area contributed by atoms with E-state index in [1.807, 2.05) is 24.3 Å². The molecule has 0 spiro atoms. The smallest absolute Gasteiger partial charge is 0.325 e. The van der Waals surface area contributed by atoms with Crippen LogP contribution in [-0.4, -0.2) is 35.2 Å². The van der Waals surface area contributed by atoms with E-state index in [2.05, 4.69) is 17.6 Å². The highest BCUT2D eigenvalue weighted by molar-refractivity contribution is 6.10. The molecule has 0 saturated carbocycles. The van der Waals surface area contributed by atoms with Gasteiger partial charge in [0.25, 0.3) is 5.91 Å². The zero-order valence-corrected chi connectivity index (χ0v) is 16.9. The van der Waals surface area contributed by atoms with Gasteiger partial charge < -0.3 is 16.4 Å². The second-order valence-electron chi connectivity index (χ2n) is 7.38. The van der Waals surface area contributed by atoms with Crippen LogP contribution < -0.4 is 16.4 Å². The van der Waals surface area contributed by atoms with Crippen LogP contribution in [0.3, 0.4) is 0 Å². The van der Waals surface area contributed by atoms with Crippen LogP contribution in [-0.2, 0) is 21.5 Å². The monoisotopic (exact) mass is 408 g/mol. The van der Waals surface area contributed by atoms with Crippen LogP contribution >= 0.6 is 0 Å². The molecule has 1 aliphatic rings. The van der Waals surface area contributed by atoms with Crippen molar-refractivity contribution >= 4 is 29.4 Å². The third kappa shape index (κ3) is 4.17. The maximum Gasteiger partial charge on any atom is 0.325 e. The highest BCUT2D eigenvalue weighted by Gasteiger charge is 2.49. The van der Waals surface area contributed by atoms with Crippen LogP contribution in [0.1, 0.15) is 41.8 Å². The summed E-state index contributed by atoms with van der Waals surface area (Å²) in [6.07, 6.45) is 1.95. The van der Waals surface area contributed by atoms with Crippen LogP contribution in [0.15, 0.2) is 48.5 Å². The van der Waals surface area contributed by atoms with Crippen molar-refractivity contribution in [3.63, 3.8) is 0 Å². The fourth-order valence-electron chi connectivity index (χ4n) is 3.39. The van der Waals surface area contributed by atoms with Crippen LogP contribution in [0.2, 0.25) is 0 Å². The van der Waals surface area contributed by atoms with Crippen molar-refractivity contribution in [2.45, 2.75) is 32.2 Å². The van der Waals surface area contributed by atoms with E-state index in [1.165, 1.54) is 24.3 Å². The minimum atomic E-state index is -1.23. The fourth-order valence-corrected chi connectivity index (χ4v) is 3.39. The number of urea groups is 1. The number of nitrogens with two attached hydrogens (primary N) is 1. The van der Waals surface area contributed by atoms with Crippen molar-refractivity contribution < 1.29 is 19.2 Å². The van der Waals surface area contributed by atoms with Crippen LogP contribution in [0.25, 0.3) is 0 Å². The number of carbonyl (C=O) groups is 4. The Balaban J connectivity index is 1.69. The third-order valence-corrected chi connectivity index (χ3v) is 5.10. The molecular weight excluding hydrogens is 384 g/mol. The Morgan fingerprint density at radius 3 is 2.27 bits per heavy atom. The van der Waals surface area contributed by atoms with Crippen molar-refractivity contribution in [2.24, 2.45) is 5.73 Å². The highest BCUT2D eigenvalue weighted by atomic mass is 16.2. The fraction of sp³-hybridized carbons (Fsp3) is 0.273. The summed E-state index contributed by atoms with van der Waals surface area (Å²) in [5, 5.41) is 5.29. The lowest BCUT2D eigenvalue weighted by Gasteiger charge is -2.22. The zero-order valence-electron chi connectivity index (χ0n) is 16.9. The van der Waals surface area contributed by atoms with E-state index in [4.69, 9.17) is 5.73 Å². The Bertz CT molecular complexity index is 985. The van der Waals surface area contributed by atoms with E-state index < -0.39 is 35.8 Å². The molecule has 156 valence electrons. The van der Waals surface area contributed by atoms with Crippen molar-refractivity contribution in [3.8, 4) is 0 Å². The third-order valence-electron chi connectivity index (χ3n) is 5.10. The molecule has 5 amide bonds. The van der Waals surface area contributed by atoms with Crippen molar-refractivity contribution in [3.05, 3.63) is 65.2 Å². The summed E-state index contributed by atoms with van der Waals surface area (Å²) < 4.78 is 0. The molecule has 0 aromatic heterocycles. The summed E-state index contributed by atoms with van der Waals surface area (Å²) >= 11 is 0. The van der Waals surface area contributed by atoms with E-state index >= 15 is 0 Å². The SMILES string of the molecule is CCCc1ccc(C2(C)NC(=O)N(CC(=O)Nc3ccc(C(N)=O)cc3)C2=O)cc1. The van der Waals surface area contributed by atoms with E-state index in [9.17, 15) is 19.2 Å². The first-order valence-corrected chi connectivity index (χ1v) is 9.68. The normalized spacial score (nSPS) is 18.3. The maximum atomic E-state index is 13.0. The molecule has 0 aliphatic carbocycles. The second kappa shape index (κ2) is 8.36. The van der Waals surface area contributed by atoms with Gasteiger partial charge in [-0.1, -0.05) is 37.6 Å². The van der Waals surface area contributed by atoms with E-state index in [0.29, 0.717) is 16.8 Å². The van der Waals surface area contributed by atoms with Crippen molar-refractivity contribution in [2.75, 3.05) is 11.9 Å². The van der Waals surface area contributed by atoms with Crippen LogP contribution in [0, 0.1) is 0 Å². The lowest BCUT2D eigenvalue weighted by Crippen LogP contribution is -2.42. The van der Waals surface area contributed by atoms with Crippen LogP contribution in [0.5, 0.6) is 0 Å². The van der Waals surface area contributed by atoms with Crippen molar-refractivity contribution in [1.82, 2.24) is 10.2 Å². The minimum absolute atomic E-state index is 0.308. The molecule has 30 heavy (non-hydrogen) atoms. The lowest BCUT2D eigenvalue weighted by atomic mass is 9.91. The number of hydrogen-bond acceptors (Lipinski definition) is 4. The summed E-state index contributed by atoms with van der Waals surface area (Å²) in [7, 11) is 0. The Morgan fingerprint density at radius 1 is 1.07 bits per heavy atom. The number of amides is 5. The van der Waals surface area contributed by atoms with Gasteiger partial charge in [-0.15, -0.1) is 0 Å². The quantitative estimate of drug-likeness (QED) is 0.608. The lowest BCUT2D eigenvalue weighted by molar-refractivity contribution is -0.133. The molecular formula is C22H24N4O4. The molecule has 1 atom stereocenters. The first kappa shape index (κ1) is 21.0. The predicted octanol–water partition coefficient (Wildman–Crippen LogP) is 2.14. The van der Waals surface area contributed by atoms with E-state index in [-0.39, 0.29) is 0 Å². The molecule has 2 aromatic rings. The highest BCUT2D eigenvalue weighted by Crippen LogP contribution is 2.29. The number of primary amides is 1. The van der Waals surface area contributed by atoms with Crippen molar-refractivity contribution in [1.29, 1.82) is 0 Å². The van der Waals surface area contributed by atoms with Crippen LogP contribution in [0.4, 0.5) is 10.5 Å². The molecule has 0 radical (unpaired) electrons. The summed E-state index contributed by atoms with van der Waals surface area (Å²) in [6, 6.07) is 12.9. The molecule has 1 heterocycles. The molecule has 1 fully saturated rings. The first-order chi connectivity index (χ1) is 14.2. The maximum absolute atomic E-state index is 13.0. The second-order valence-corrected chi connectivity index (χ2v) is 7.38. The van der Waals surface area contributed by atoms with Gasteiger partial charge in [-0.05, 0) is 48.7 Å². The molecule has 1 saturated heterocycles. The van der Waals surface area contributed by atoms with Gasteiger partial charge in [-0.25, -0.2) is 4.79 Å². The Hall–Kier alpha value is -3.68. The van der Waals surface area contributed by atoms with Gasteiger partial charge in [0.1, 0.15) is 12.1 Å². The average Bonchev–Trinajstić information content (AvgIpc) is 2.93. The topological polar surface area (TPSA) is 122 Å². The molecule has 8 nitrogen and oxygen atoms in total. The largest absolute Gasteiger partial charge is 0.366 e. The standard InChI is InChI=1S/C22H24N4O4/c1-3-4-14-5-9-16(10-6-14)22(2)20(29)26(21(30)25-22)13-18(27)24-17-11-7-15(8-12-17)19(23)28/h5-12H,3-4,13H2,1-2H3,(H2,23,28)(H,24,27)(H,25,30). The summed E-state index contributed by atoms with van der Waals surface area (Å²) in [4.78, 5) is 49.8. The van der Waals surface area contributed by atoms with Gasteiger partial charge in [0.05, 0.1) is 0 Å². The number of nitrogens with zero attached hydrogens (tertiary/aromatic N) is 1. The Labute approximate surface area is 174 Å². The van der Waals surface area contributed by atoms with E-state index in [1.54, 1.807) is 6.92 Å². The van der Waals surface area contributed by atoms with E-state index in [0.717, 1.165) is 23.3 Å². The predicted molar refractivity (Wildman–Crippen MR) is 112 cm³/mol. The first-order valence-electron chi connectivity index (χ1n) is 9.68. The number of hydrogen-bond donors (Lipinski definition) is 3. The molecule has 0 bridgehead atoms. The van der Waals surface area contributed by atoms with Gasteiger partial charge in [-0.3, -0.25) is 19.3 Å². The summed E-state index contributed by atoms with van der Waals surface area (Å²) in [5.74, 6) is -1.60. The van der Waals surface area contributed by atoms with Gasteiger partial charge in [-0.2, -0.15) is 0 Å². The minimum Gasteiger partial charge on any atom is -0.366 e. The molecule has 3 rings (SSSR count).